The number of halogens is 3. The van der Waals surface area contributed by atoms with E-state index >= 15 is 0 Å². The van der Waals surface area contributed by atoms with Crippen LogP contribution in [0.1, 0.15) is 0 Å². The van der Waals surface area contributed by atoms with Gasteiger partial charge in [0.05, 0.1) is 4.90 Å². The summed E-state index contributed by atoms with van der Waals surface area (Å²) < 4.78 is 38.6. The van der Waals surface area contributed by atoms with E-state index in [1.165, 1.54) is 30.3 Å². The van der Waals surface area contributed by atoms with E-state index < -0.39 is 26.0 Å². The summed E-state index contributed by atoms with van der Waals surface area (Å²) in [7, 11) is -4.15. The maximum Gasteiger partial charge on any atom is 0.212 e. The molecule has 0 atom stereocenters. The third kappa shape index (κ3) is 2.85. The van der Waals surface area contributed by atoms with Gasteiger partial charge >= 0.3 is 0 Å². The van der Waals surface area contributed by atoms with E-state index in [4.69, 9.17) is 23.2 Å². The number of hydrogen-bond donors (Lipinski definition) is 1. The second kappa shape index (κ2) is 5.63. The molecule has 0 aliphatic carbocycles. The standard InChI is InChI=1S/C15H8Cl2FNO3S/c16-8-3-9(17)5-11(4-8)23(21,22)14-7-19-13-2-1-10(18)6-12(13)15(14)20/h1-7H,(H,19,20). The fourth-order valence-electron chi connectivity index (χ4n) is 2.18. The van der Waals surface area contributed by atoms with Crippen molar-refractivity contribution < 1.29 is 12.8 Å². The van der Waals surface area contributed by atoms with E-state index in [0.29, 0.717) is 5.52 Å². The predicted octanol–water partition coefficient (Wildman–Crippen LogP) is 3.81. The highest BCUT2D eigenvalue weighted by Gasteiger charge is 2.23. The van der Waals surface area contributed by atoms with E-state index in [-0.39, 0.29) is 20.3 Å². The molecule has 0 amide bonds. The van der Waals surface area contributed by atoms with Gasteiger partial charge in [-0.05, 0) is 36.4 Å². The first-order valence-electron chi connectivity index (χ1n) is 6.31. The Morgan fingerprint density at radius 2 is 1.65 bits per heavy atom. The maximum atomic E-state index is 13.3. The Morgan fingerprint density at radius 3 is 2.30 bits per heavy atom. The Kier molecular flexibility index (Phi) is 3.91. The molecular formula is C15H8Cl2FNO3S. The maximum absolute atomic E-state index is 13.3. The molecule has 0 unspecified atom stereocenters. The molecule has 3 rings (SSSR count). The molecule has 1 heterocycles. The monoisotopic (exact) mass is 371 g/mol. The number of hydrogen-bond acceptors (Lipinski definition) is 3. The molecule has 118 valence electrons. The minimum absolute atomic E-state index is 0.0563. The SMILES string of the molecule is O=c1c(S(=O)(=O)c2cc(Cl)cc(Cl)c2)c[nH]c2ccc(F)cc12. The lowest BCUT2D eigenvalue weighted by Gasteiger charge is -2.07. The molecule has 8 heteroatoms. The highest BCUT2D eigenvalue weighted by molar-refractivity contribution is 7.91. The van der Waals surface area contributed by atoms with Crippen LogP contribution >= 0.6 is 23.2 Å². The molecule has 2 aromatic carbocycles. The Labute approximate surface area is 140 Å². The van der Waals surface area contributed by atoms with Gasteiger partial charge in [-0.2, -0.15) is 0 Å². The smallest absolute Gasteiger partial charge is 0.212 e. The van der Waals surface area contributed by atoms with Gasteiger partial charge in [0.1, 0.15) is 10.7 Å². The first-order chi connectivity index (χ1) is 10.8. The quantitative estimate of drug-likeness (QED) is 0.744. The number of nitrogens with one attached hydrogen (secondary N) is 1. The van der Waals surface area contributed by atoms with Crippen molar-refractivity contribution in [2.24, 2.45) is 0 Å². The lowest BCUT2D eigenvalue weighted by atomic mass is 10.2. The number of benzene rings is 2. The average molecular weight is 372 g/mol. The zero-order valence-corrected chi connectivity index (χ0v) is 13.6. The summed E-state index contributed by atoms with van der Waals surface area (Å²) >= 11 is 11.6. The van der Waals surface area contributed by atoms with Crippen LogP contribution in [-0.4, -0.2) is 13.4 Å². The molecule has 1 N–H and O–H groups in total. The fourth-order valence-corrected chi connectivity index (χ4v) is 4.22. The van der Waals surface area contributed by atoms with Gasteiger partial charge in [0.25, 0.3) is 0 Å². The molecule has 23 heavy (non-hydrogen) atoms. The normalized spacial score (nSPS) is 11.8. The summed E-state index contributed by atoms with van der Waals surface area (Å²) in [6.45, 7) is 0. The highest BCUT2D eigenvalue weighted by Crippen LogP contribution is 2.26. The number of H-pyrrole nitrogens is 1. The summed E-state index contributed by atoms with van der Waals surface area (Å²) in [5, 5.41) is 0.192. The van der Waals surface area contributed by atoms with E-state index in [2.05, 4.69) is 4.98 Å². The minimum atomic E-state index is -4.15. The molecule has 4 nitrogen and oxygen atoms in total. The van der Waals surface area contributed by atoms with Crippen molar-refractivity contribution >= 4 is 43.9 Å². The van der Waals surface area contributed by atoms with Crippen molar-refractivity contribution in [1.29, 1.82) is 0 Å². The Morgan fingerprint density at radius 1 is 1.00 bits per heavy atom. The van der Waals surface area contributed by atoms with Gasteiger partial charge in [0.15, 0.2) is 0 Å². The largest absolute Gasteiger partial charge is 0.360 e. The second-order valence-electron chi connectivity index (χ2n) is 4.78. The molecule has 1 aromatic heterocycles. The molecule has 0 fully saturated rings. The van der Waals surface area contributed by atoms with Gasteiger partial charge in [0.2, 0.25) is 15.3 Å². The summed E-state index contributed by atoms with van der Waals surface area (Å²) in [6.07, 6.45) is 1.08. The van der Waals surface area contributed by atoms with Crippen LogP contribution in [0.2, 0.25) is 10.0 Å². The molecule has 3 aromatic rings. The molecule has 0 saturated heterocycles. The van der Waals surface area contributed by atoms with Crippen molar-refractivity contribution in [2.45, 2.75) is 9.79 Å². The topological polar surface area (TPSA) is 67.0 Å². The van der Waals surface area contributed by atoms with Gasteiger partial charge in [-0.25, -0.2) is 12.8 Å². The molecule has 0 bridgehead atoms. The highest BCUT2D eigenvalue weighted by atomic mass is 35.5. The molecular weight excluding hydrogens is 364 g/mol. The van der Waals surface area contributed by atoms with Gasteiger partial charge in [0, 0.05) is 27.1 Å². The van der Waals surface area contributed by atoms with Crippen LogP contribution in [0, 0.1) is 5.82 Å². The van der Waals surface area contributed by atoms with Gasteiger partial charge in [-0.15, -0.1) is 0 Å². The first-order valence-corrected chi connectivity index (χ1v) is 8.55. The van der Waals surface area contributed by atoms with Crippen LogP contribution in [0.15, 0.2) is 57.2 Å². The van der Waals surface area contributed by atoms with Crippen LogP contribution in [0.3, 0.4) is 0 Å². The third-order valence-electron chi connectivity index (χ3n) is 3.24. The van der Waals surface area contributed by atoms with Crippen LogP contribution < -0.4 is 5.43 Å². The lowest BCUT2D eigenvalue weighted by molar-refractivity contribution is 0.595. The number of aromatic nitrogens is 1. The Balaban J connectivity index is 2.31. The summed E-state index contributed by atoms with van der Waals surface area (Å²) in [4.78, 5) is 14.4. The number of pyridine rings is 1. The van der Waals surface area contributed by atoms with E-state index in [9.17, 15) is 17.6 Å². The molecule has 0 aliphatic rings. The van der Waals surface area contributed by atoms with Gasteiger partial charge < -0.3 is 4.98 Å². The van der Waals surface area contributed by atoms with Crippen molar-refractivity contribution in [1.82, 2.24) is 4.98 Å². The van der Waals surface area contributed by atoms with Crippen molar-refractivity contribution in [2.75, 3.05) is 0 Å². The number of rotatable bonds is 2. The molecule has 0 radical (unpaired) electrons. The van der Waals surface area contributed by atoms with Crippen molar-refractivity contribution in [3.8, 4) is 0 Å². The summed E-state index contributed by atoms with van der Waals surface area (Å²) in [5.41, 5.74) is -0.464. The second-order valence-corrected chi connectivity index (χ2v) is 7.57. The molecule has 0 spiro atoms. The first kappa shape index (κ1) is 16.0. The van der Waals surface area contributed by atoms with Crippen LogP contribution in [0.4, 0.5) is 4.39 Å². The predicted molar refractivity (Wildman–Crippen MR) is 86.4 cm³/mol. The van der Waals surface area contributed by atoms with Crippen LogP contribution in [-0.2, 0) is 9.84 Å². The van der Waals surface area contributed by atoms with Crippen LogP contribution in [0.25, 0.3) is 10.9 Å². The number of aromatic amines is 1. The van der Waals surface area contributed by atoms with Gasteiger partial charge in [-0.3, -0.25) is 4.79 Å². The third-order valence-corrected chi connectivity index (χ3v) is 5.42. The lowest BCUT2D eigenvalue weighted by Crippen LogP contribution is -2.16. The van der Waals surface area contributed by atoms with Crippen molar-refractivity contribution in [3.63, 3.8) is 0 Å². The van der Waals surface area contributed by atoms with Crippen LogP contribution in [0.5, 0.6) is 0 Å². The summed E-state index contributed by atoms with van der Waals surface area (Å²) in [6, 6.07) is 7.28. The average Bonchev–Trinajstić information content (AvgIpc) is 2.47. The van der Waals surface area contributed by atoms with Gasteiger partial charge in [-0.1, -0.05) is 23.2 Å². The number of sulfone groups is 1. The zero-order valence-electron chi connectivity index (χ0n) is 11.3. The van der Waals surface area contributed by atoms with E-state index in [1.807, 2.05) is 0 Å². The Bertz CT molecular complexity index is 1070. The van der Waals surface area contributed by atoms with E-state index in [0.717, 1.165) is 12.3 Å². The fraction of sp³-hybridized carbons (Fsp3) is 0. The summed E-state index contributed by atoms with van der Waals surface area (Å²) in [5.74, 6) is -0.636. The van der Waals surface area contributed by atoms with E-state index in [1.54, 1.807) is 0 Å². The van der Waals surface area contributed by atoms with Crippen molar-refractivity contribution in [3.05, 3.63) is 68.7 Å². The molecule has 0 aliphatic heterocycles. The zero-order chi connectivity index (χ0) is 16.8. The number of fused-ring (bicyclic) bond motifs is 1. The molecule has 0 saturated carbocycles. The Hall–Kier alpha value is -1.89. The minimum Gasteiger partial charge on any atom is -0.360 e.